The highest BCUT2D eigenvalue weighted by Gasteiger charge is 2.17. The first kappa shape index (κ1) is 21.0. The molecule has 0 radical (unpaired) electrons. The van der Waals surface area contributed by atoms with Gasteiger partial charge in [-0.15, -0.1) is 11.3 Å². The molecular formula is C19H29N3O2S2. The van der Waals surface area contributed by atoms with Gasteiger partial charge in [0.2, 0.25) is 5.91 Å². The van der Waals surface area contributed by atoms with Gasteiger partial charge in [-0.1, -0.05) is 37.9 Å². The molecule has 5 nitrogen and oxygen atoms in total. The fourth-order valence-electron chi connectivity index (χ4n) is 2.92. The van der Waals surface area contributed by atoms with E-state index in [0.29, 0.717) is 17.1 Å². The van der Waals surface area contributed by atoms with Gasteiger partial charge in [0, 0.05) is 17.5 Å². The number of thiophene rings is 1. The number of aryl methyl sites for hydroxylation is 2. The van der Waals surface area contributed by atoms with E-state index in [-0.39, 0.29) is 23.3 Å². The summed E-state index contributed by atoms with van der Waals surface area (Å²) in [6.07, 6.45) is 4.51. The number of nitrogens with zero attached hydrogens (tertiary/aromatic N) is 2. The average Bonchev–Trinajstić information content (AvgIpc) is 2.87. The number of aromatic nitrogens is 2. The number of unbranched alkanes of at least 4 members (excludes halogenated alkanes) is 2. The highest BCUT2D eigenvalue weighted by Crippen LogP contribution is 2.28. The molecule has 144 valence electrons. The van der Waals surface area contributed by atoms with Gasteiger partial charge >= 0.3 is 0 Å². The summed E-state index contributed by atoms with van der Waals surface area (Å²) < 4.78 is 1.67. The van der Waals surface area contributed by atoms with Crippen LogP contribution in [0, 0.1) is 13.8 Å². The van der Waals surface area contributed by atoms with Crippen molar-refractivity contribution in [3.63, 3.8) is 0 Å². The number of carbonyl (C=O) groups is 1. The van der Waals surface area contributed by atoms with Crippen LogP contribution >= 0.6 is 23.1 Å². The Morgan fingerprint density at radius 3 is 2.69 bits per heavy atom. The van der Waals surface area contributed by atoms with E-state index in [1.807, 2.05) is 27.7 Å². The number of carbonyl (C=O) groups excluding carboxylic acids is 1. The first-order chi connectivity index (χ1) is 12.4. The summed E-state index contributed by atoms with van der Waals surface area (Å²) >= 11 is 2.88. The second kappa shape index (κ2) is 9.55. The van der Waals surface area contributed by atoms with Crippen molar-refractivity contribution in [1.29, 1.82) is 0 Å². The van der Waals surface area contributed by atoms with Crippen LogP contribution in [-0.4, -0.2) is 27.3 Å². The van der Waals surface area contributed by atoms with Gasteiger partial charge in [0.25, 0.3) is 5.56 Å². The minimum atomic E-state index is -0.00506. The predicted octanol–water partition coefficient (Wildman–Crippen LogP) is 4.27. The van der Waals surface area contributed by atoms with Crippen LogP contribution in [0.15, 0.2) is 9.95 Å². The Morgan fingerprint density at radius 1 is 1.31 bits per heavy atom. The lowest BCUT2D eigenvalue weighted by Gasteiger charge is -2.14. The SMILES string of the molecule is CCCCC[C@@H](C)NC(=O)CSc1nc2sc(C)c(C)c2c(=O)n1CC. The summed E-state index contributed by atoms with van der Waals surface area (Å²) in [4.78, 5) is 31.6. The number of fused-ring (bicyclic) bond motifs is 1. The fourth-order valence-corrected chi connectivity index (χ4v) is 4.86. The summed E-state index contributed by atoms with van der Waals surface area (Å²) in [5.41, 5.74) is 1.01. The van der Waals surface area contributed by atoms with Gasteiger partial charge in [0.1, 0.15) is 4.83 Å². The van der Waals surface area contributed by atoms with Crippen LogP contribution in [0.5, 0.6) is 0 Å². The van der Waals surface area contributed by atoms with Gasteiger partial charge in [0.05, 0.1) is 11.1 Å². The lowest BCUT2D eigenvalue weighted by Crippen LogP contribution is -2.34. The van der Waals surface area contributed by atoms with Crippen molar-refractivity contribution in [2.24, 2.45) is 0 Å². The van der Waals surface area contributed by atoms with E-state index in [4.69, 9.17) is 0 Å². The minimum Gasteiger partial charge on any atom is -0.353 e. The molecule has 0 saturated carbocycles. The smallest absolute Gasteiger partial charge is 0.263 e. The maximum Gasteiger partial charge on any atom is 0.263 e. The van der Waals surface area contributed by atoms with E-state index >= 15 is 0 Å². The molecule has 0 aliphatic rings. The molecule has 0 aliphatic heterocycles. The van der Waals surface area contributed by atoms with Crippen LogP contribution in [0.25, 0.3) is 10.2 Å². The van der Waals surface area contributed by atoms with Crippen LogP contribution in [0.2, 0.25) is 0 Å². The monoisotopic (exact) mass is 395 g/mol. The molecule has 0 aliphatic carbocycles. The second-order valence-corrected chi connectivity index (χ2v) is 8.81. The van der Waals surface area contributed by atoms with Gasteiger partial charge in [-0.2, -0.15) is 0 Å². The Labute approximate surface area is 163 Å². The van der Waals surface area contributed by atoms with E-state index in [2.05, 4.69) is 17.2 Å². The second-order valence-electron chi connectivity index (χ2n) is 6.66. The van der Waals surface area contributed by atoms with Crippen molar-refractivity contribution >= 4 is 39.2 Å². The van der Waals surface area contributed by atoms with Crippen molar-refractivity contribution in [2.45, 2.75) is 78.0 Å². The number of hydrogen-bond acceptors (Lipinski definition) is 5. The molecule has 0 fully saturated rings. The van der Waals surface area contributed by atoms with Crippen LogP contribution in [0.1, 0.15) is 56.9 Å². The first-order valence-corrected chi connectivity index (χ1v) is 11.1. The highest BCUT2D eigenvalue weighted by atomic mass is 32.2. The van der Waals surface area contributed by atoms with Gasteiger partial charge in [0.15, 0.2) is 5.16 Å². The third-order valence-electron chi connectivity index (χ3n) is 4.55. The van der Waals surface area contributed by atoms with Crippen molar-refractivity contribution < 1.29 is 4.79 Å². The zero-order chi connectivity index (χ0) is 19.3. The molecule has 1 amide bonds. The molecule has 2 heterocycles. The molecule has 0 bridgehead atoms. The summed E-state index contributed by atoms with van der Waals surface area (Å²) in [5.74, 6) is 0.272. The van der Waals surface area contributed by atoms with E-state index < -0.39 is 0 Å². The molecule has 2 rings (SSSR count). The van der Waals surface area contributed by atoms with Gasteiger partial charge in [-0.25, -0.2) is 4.98 Å². The summed E-state index contributed by atoms with van der Waals surface area (Å²) in [5, 5.41) is 4.38. The number of thioether (sulfide) groups is 1. The molecule has 7 heteroatoms. The molecule has 2 aromatic heterocycles. The third-order valence-corrected chi connectivity index (χ3v) is 6.63. The van der Waals surface area contributed by atoms with Crippen LogP contribution in [0.4, 0.5) is 0 Å². The number of nitrogens with one attached hydrogen (secondary N) is 1. The number of rotatable bonds is 9. The zero-order valence-corrected chi connectivity index (χ0v) is 18.0. The number of hydrogen-bond donors (Lipinski definition) is 1. The topological polar surface area (TPSA) is 64.0 Å². The van der Waals surface area contributed by atoms with E-state index in [1.54, 1.807) is 15.9 Å². The van der Waals surface area contributed by atoms with Crippen molar-refractivity contribution in [2.75, 3.05) is 5.75 Å². The Morgan fingerprint density at radius 2 is 2.04 bits per heavy atom. The third kappa shape index (κ3) is 4.88. The van der Waals surface area contributed by atoms with Crippen molar-refractivity contribution in [3.8, 4) is 0 Å². The van der Waals surface area contributed by atoms with Crippen molar-refractivity contribution in [1.82, 2.24) is 14.9 Å². The largest absolute Gasteiger partial charge is 0.353 e. The molecule has 0 saturated heterocycles. The molecule has 26 heavy (non-hydrogen) atoms. The Hall–Kier alpha value is -1.34. The van der Waals surface area contributed by atoms with Crippen LogP contribution in [0.3, 0.4) is 0 Å². The fraction of sp³-hybridized carbons (Fsp3) is 0.632. The van der Waals surface area contributed by atoms with Gasteiger partial charge in [-0.3, -0.25) is 14.2 Å². The summed E-state index contributed by atoms with van der Waals surface area (Å²) in [7, 11) is 0. The molecule has 1 N–H and O–H groups in total. The predicted molar refractivity (Wildman–Crippen MR) is 111 cm³/mol. The summed E-state index contributed by atoms with van der Waals surface area (Å²) in [6, 6.07) is 0.182. The quantitative estimate of drug-likeness (QED) is 0.391. The average molecular weight is 396 g/mol. The summed E-state index contributed by atoms with van der Waals surface area (Å²) in [6.45, 7) is 10.7. The first-order valence-electron chi connectivity index (χ1n) is 9.31. The van der Waals surface area contributed by atoms with E-state index in [0.717, 1.165) is 28.1 Å². The molecule has 1 atom stereocenters. The standard InChI is InChI=1S/C19H29N3O2S2/c1-6-8-9-10-12(3)20-15(23)11-25-19-21-17-16(13(4)14(5)26-17)18(24)22(19)7-2/h12H,6-11H2,1-5H3,(H,20,23)/t12-/m1/s1. The molecule has 0 unspecified atom stereocenters. The van der Waals surface area contributed by atoms with Crippen LogP contribution < -0.4 is 10.9 Å². The Bertz CT molecular complexity index is 826. The molecular weight excluding hydrogens is 366 g/mol. The van der Waals surface area contributed by atoms with E-state index in [9.17, 15) is 9.59 Å². The molecule has 0 aromatic carbocycles. The maximum atomic E-state index is 12.8. The van der Waals surface area contributed by atoms with Crippen LogP contribution in [-0.2, 0) is 11.3 Å². The Kier molecular flexibility index (Phi) is 7.70. The van der Waals surface area contributed by atoms with Crippen molar-refractivity contribution in [3.05, 3.63) is 20.8 Å². The van der Waals surface area contributed by atoms with Gasteiger partial charge in [-0.05, 0) is 39.7 Å². The Balaban J connectivity index is 2.08. The normalized spacial score (nSPS) is 12.5. The highest BCUT2D eigenvalue weighted by molar-refractivity contribution is 7.99. The number of amides is 1. The lowest BCUT2D eigenvalue weighted by atomic mass is 10.1. The zero-order valence-electron chi connectivity index (χ0n) is 16.3. The minimum absolute atomic E-state index is 0.00445. The van der Waals surface area contributed by atoms with E-state index in [1.165, 1.54) is 24.6 Å². The molecule has 0 spiro atoms. The molecule has 2 aromatic rings. The van der Waals surface area contributed by atoms with Gasteiger partial charge < -0.3 is 5.32 Å². The lowest BCUT2D eigenvalue weighted by molar-refractivity contribution is -0.119. The maximum absolute atomic E-state index is 12.8.